The van der Waals surface area contributed by atoms with E-state index in [-0.39, 0.29) is 5.91 Å². The van der Waals surface area contributed by atoms with Crippen molar-refractivity contribution in [2.45, 2.75) is 64.8 Å². The molecule has 0 radical (unpaired) electrons. The molecule has 2 aliphatic rings. The molecule has 1 atom stereocenters. The zero-order valence-electron chi connectivity index (χ0n) is 15.1. The largest absolute Gasteiger partial charge is 0.356 e. The molecule has 5 nitrogen and oxygen atoms in total. The quantitative estimate of drug-likeness (QED) is 0.410. The lowest BCUT2D eigenvalue weighted by molar-refractivity contribution is -0.121. The molecule has 1 aliphatic carbocycles. The monoisotopic (exact) mass is 322 g/mol. The molecule has 1 unspecified atom stereocenters. The lowest BCUT2D eigenvalue weighted by atomic mass is 9.87. The van der Waals surface area contributed by atoms with Gasteiger partial charge in [0.25, 0.3) is 0 Å². The van der Waals surface area contributed by atoms with Gasteiger partial charge in [0.1, 0.15) is 0 Å². The summed E-state index contributed by atoms with van der Waals surface area (Å²) in [6.45, 7) is 7.64. The summed E-state index contributed by atoms with van der Waals surface area (Å²) in [5.74, 6) is 2.83. The predicted molar refractivity (Wildman–Crippen MR) is 95.5 cm³/mol. The Bertz CT molecular complexity index is 402. The molecule has 1 aliphatic heterocycles. The Labute approximate surface area is 141 Å². The maximum atomic E-state index is 11.7. The first-order valence-electron chi connectivity index (χ1n) is 9.42. The van der Waals surface area contributed by atoms with Gasteiger partial charge in [0.2, 0.25) is 5.91 Å². The van der Waals surface area contributed by atoms with Crippen LogP contribution in [-0.2, 0) is 4.79 Å². The van der Waals surface area contributed by atoms with Gasteiger partial charge in [0.15, 0.2) is 5.96 Å². The Morgan fingerprint density at radius 3 is 2.61 bits per heavy atom. The van der Waals surface area contributed by atoms with Crippen LogP contribution in [0.15, 0.2) is 4.99 Å². The van der Waals surface area contributed by atoms with Crippen molar-refractivity contribution in [2.75, 3.05) is 26.7 Å². The number of nitrogens with one attached hydrogen (secondary N) is 2. The molecule has 0 aromatic carbocycles. The van der Waals surface area contributed by atoms with Crippen LogP contribution in [0.5, 0.6) is 0 Å². The minimum Gasteiger partial charge on any atom is -0.356 e. The fourth-order valence-corrected chi connectivity index (χ4v) is 3.63. The number of nitrogens with zero attached hydrogens (tertiary/aromatic N) is 2. The summed E-state index contributed by atoms with van der Waals surface area (Å²) in [4.78, 5) is 18.5. The minimum atomic E-state index is 0.194. The maximum Gasteiger partial charge on any atom is 0.220 e. The van der Waals surface area contributed by atoms with Gasteiger partial charge in [-0.3, -0.25) is 9.79 Å². The third-order valence-corrected chi connectivity index (χ3v) is 5.26. The molecule has 0 aromatic rings. The number of carbonyl (C=O) groups excluding carboxylic acids is 1. The Kier molecular flexibility index (Phi) is 7.18. The summed E-state index contributed by atoms with van der Waals surface area (Å²) in [5, 5.41) is 6.46. The lowest BCUT2D eigenvalue weighted by Gasteiger charge is -2.24. The minimum absolute atomic E-state index is 0.194. The molecule has 5 heteroatoms. The molecular weight excluding hydrogens is 288 g/mol. The molecule has 0 spiro atoms. The van der Waals surface area contributed by atoms with Crippen LogP contribution in [0.1, 0.15) is 58.8 Å². The molecule has 1 saturated carbocycles. The second kappa shape index (κ2) is 9.14. The molecule has 0 aromatic heterocycles. The molecule has 1 amide bonds. The van der Waals surface area contributed by atoms with Gasteiger partial charge in [0, 0.05) is 39.1 Å². The molecule has 2 rings (SSSR count). The van der Waals surface area contributed by atoms with E-state index in [1.54, 1.807) is 0 Å². The van der Waals surface area contributed by atoms with E-state index in [2.05, 4.69) is 34.4 Å². The highest BCUT2D eigenvalue weighted by molar-refractivity contribution is 5.80. The van der Waals surface area contributed by atoms with Crippen molar-refractivity contribution in [3.8, 4) is 0 Å². The van der Waals surface area contributed by atoms with Gasteiger partial charge >= 0.3 is 0 Å². The Morgan fingerprint density at radius 2 is 2.00 bits per heavy atom. The van der Waals surface area contributed by atoms with E-state index < -0.39 is 0 Å². The van der Waals surface area contributed by atoms with Crippen LogP contribution in [0.25, 0.3) is 0 Å². The van der Waals surface area contributed by atoms with Crippen LogP contribution >= 0.6 is 0 Å². The average molecular weight is 322 g/mol. The van der Waals surface area contributed by atoms with Gasteiger partial charge < -0.3 is 15.5 Å². The summed E-state index contributed by atoms with van der Waals surface area (Å²) in [6.07, 6.45) is 7.61. The summed E-state index contributed by atoms with van der Waals surface area (Å²) < 4.78 is 0. The van der Waals surface area contributed by atoms with Gasteiger partial charge in [-0.1, -0.05) is 26.7 Å². The van der Waals surface area contributed by atoms with Crippen molar-refractivity contribution >= 4 is 11.9 Å². The average Bonchev–Trinajstić information content (AvgIpc) is 3.23. The first-order valence-corrected chi connectivity index (χ1v) is 9.42. The van der Waals surface area contributed by atoms with E-state index in [4.69, 9.17) is 0 Å². The van der Waals surface area contributed by atoms with E-state index in [9.17, 15) is 4.79 Å². The van der Waals surface area contributed by atoms with Crippen LogP contribution in [0.4, 0.5) is 0 Å². The molecule has 132 valence electrons. The van der Waals surface area contributed by atoms with Crippen molar-refractivity contribution in [1.82, 2.24) is 15.5 Å². The van der Waals surface area contributed by atoms with Crippen LogP contribution in [0.3, 0.4) is 0 Å². The van der Waals surface area contributed by atoms with E-state index in [0.29, 0.717) is 12.5 Å². The molecule has 23 heavy (non-hydrogen) atoms. The number of guanidine groups is 1. The smallest absolute Gasteiger partial charge is 0.220 e. The highest BCUT2D eigenvalue weighted by Gasteiger charge is 2.29. The fraction of sp³-hybridized carbons (Fsp3) is 0.889. The standard InChI is InChI=1S/C18H34N4O/c1-4-14(5-2)15-10-12-22(13-15)18(19-3)20-11-6-7-17(23)21-16-8-9-16/h14-16H,4-13H2,1-3H3,(H,19,20)(H,21,23). The highest BCUT2D eigenvalue weighted by Crippen LogP contribution is 2.28. The predicted octanol–water partition coefficient (Wildman–Crippen LogP) is 2.38. The second-order valence-corrected chi connectivity index (χ2v) is 6.99. The van der Waals surface area contributed by atoms with E-state index >= 15 is 0 Å². The van der Waals surface area contributed by atoms with E-state index in [0.717, 1.165) is 56.7 Å². The van der Waals surface area contributed by atoms with Gasteiger partial charge in [-0.25, -0.2) is 0 Å². The van der Waals surface area contributed by atoms with Crippen LogP contribution < -0.4 is 10.6 Å². The summed E-state index contributed by atoms with van der Waals surface area (Å²) in [7, 11) is 1.85. The number of aliphatic imine (C=N–C) groups is 1. The first kappa shape index (κ1) is 18.1. The lowest BCUT2D eigenvalue weighted by Crippen LogP contribution is -2.41. The van der Waals surface area contributed by atoms with Crippen molar-refractivity contribution < 1.29 is 4.79 Å². The Morgan fingerprint density at radius 1 is 1.26 bits per heavy atom. The summed E-state index contributed by atoms with van der Waals surface area (Å²) in [5.41, 5.74) is 0. The van der Waals surface area contributed by atoms with Gasteiger partial charge in [0.05, 0.1) is 0 Å². The van der Waals surface area contributed by atoms with Crippen LogP contribution in [-0.4, -0.2) is 49.5 Å². The van der Waals surface area contributed by atoms with E-state index in [1.165, 1.54) is 19.3 Å². The SMILES string of the molecule is CCC(CC)C1CCN(C(=NC)NCCCC(=O)NC2CC2)C1. The molecule has 1 heterocycles. The van der Waals surface area contributed by atoms with Crippen molar-refractivity contribution in [1.29, 1.82) is 0 Å². The Hall–Kier alpha value is -1.26. The zero-order valence-corrected chi connectivity index (χ0v) is 15.1. The summed E-state index contributed by atoms with van der Waals surface area (Å²) in [6, 6.07) is 0.467. The van der Waals surface area contributed by atoms with Gasteiger partial charge in [-0.15, -0.1) is 0 Å². The second-order valence-electron chi connectivity index (χ2n) is 6.99. The topological polar surface area (TPSA) is 56.7 Å². The maximum absolute atomic E-state index is 11.7. The summed E-state index contributed by atoms with van der Waals surface area (Å²) >= 11 is 0. The third-order valence-electron chi connectivity index (χ3n) is 5.26. The molecule has 1 saturated heterocycles. The third kappa shape index (κ3) is 5.70. The Balaban J connectivity index is 1.66. The number of amides is 1. The fourth-order valence-electron chi connectivity index (χ4n) is 3.63. The van der Waals surface area contributed by atoms with Crippen LogP contribution in [0, 0.1) is 11.8 Å². The number of hydrogen-bond acceptors (Lipinski definition) is 2. The highest BCUT2D eigenvalue weighted by atomic mass is 16.1. The van der Waals surface area contributed by atoms with Gasteiger partial charge in [-0.2, -0.15) is 0 Å². The van der Waals surface area contributed by atoms with Crippen molar-refractivity contribution in [3.05, 3.63) is 0 Å². The van der Waals surface area contributed by atoms with Crippen molar-refractivity contribution in [2.24, 2.45) is 16.8 Å². The zero-order chi connectivity index (χ0) is 16.7. The van der Waals surface area contributed by atoms with Crippen LogP contribution in [0.2, 0.25) is 0 Å². The number of hydrogen-bond donors (Lipinski definition) is 2. The normalized spacial score (nSPS) is 21.8. The number of likely N-dealkylation sites (tertiary alicyclic amines) is 1. The molecular formula is C18H34N4O. The molecule has 2 N–H and O–H groups in total. The molecule has 0 bridgehead atoms. The molecule has 2 fully saturated rings. The number of carbonyl (C=O) groups is 1. The van der Waals surface area contributed by atoms with Gasteiger partial charge in [-0.05, 0) is 37.5 Å². The van der Waals surface area contributed by atoms with Crippen molar-refractivity contribution in [3.63, 3.8) is 0 Å². The first-order chi connectivity index (χ1) is 11.2. The van der Waals surface area contributed by atoms with E-state index in [1.807, 2.05) is 7.05 Å². The number of rotatable bonds is 8.